The molecule has 0 unspecified atom stereocenters. The molecule has 9 nitrogen and oxygen atoms in total. The summed E-state index contributed by atoms with van der Waals surface area (Å²) in [6.45, 7) is 2.01. The van der Waals surface area contributed by atoms with Gasteiger partial charge in [-0.1, -0.05) is 18.2 Å². The van der Waals surface area contributed by atoms with E-state index in [0.717, 1.165) is 33.4 Å². The second kappa shape index (κ2) is 10.1. The molecule has 0 atom stereocenters. The van der Waals surface area contributed by atoms with Crippen LogP contribution in [0.1, 0.15) is 5.69 Å². The highest BCUT2D eigenvalue weighted by atomic mass is 16.5. The van der Waals surface area contributed by atoms with E-state index in [1.54, 1.807) is 28.4 Å². The molecule has 0 aliphatic heterocycles. The van der Waals surface area contributed by atoms with Crippen LogP contribution in [0, 0.1) is 6.92 Å². The lowest BCUT2D eigenvalue weighted by molar-refractivity contribution is -0.597. The van der Waals surface area contributed by atoms with E-state index in [1.807, 2.05) is 72.2 Å². The molecule has 0 amide bonds. The van der Waals surface area contributed by atoms with Crippen LogP contribution in [0.15, 0.2) is 66.7 Å². The Kier molecular flexibility index (Phi) is 6.51. The van der Waals surface area contributed by atoms with E-state index in [1.165, 1.54) is 0 Å². The molecule has 2 N–H and O–H groups in total. The van der Waals surface area contributed by atoms with E-state index >= 15 is 0 Å². The fraction of sp³-hybridized carbons (Fsp3) is 0.179. The first-order valence-corrected chi connectivity index (χ1v) is 11.6. The average molecular weight is 499 g/mol. The quantitative estimate of drug-likeness (QED) is 0.291. The van der Waals surface area contributed by atoms with Gasteiger partial charge in [0.25, 0.3) is 0 Å². The van der Waals surface area contributed by atoms with Gasteiger partial charge < -0.3 is 24.3 Å². The van der Waals surface area contributed by atoms with Gasteiger partial charge in [0.1, 0.15) is 5.69 Å². The third kappa shape index (κ3) is 4.47. The van der Waals surface area contributed by atoms with E-state index in [4.69, 9.17) is 23.9 Å². The molecule has 0 aliphatic carbocycles. The van der Waals surface area contributed by atoms with Crippen molar-refractivity contribution in [2.24, 2.45) is 0 Å². The van der Waals surface area contributed by atoms with E-state index in [0.29, 0.717) is 34.9 Å². The van der Waals surface area contributed by atoms with Crippen LogP contribution in [0.2, 0.25) is 0 Å². The molecule has 0 saturated carbocycles. The van der Waals surface area contributed by atoms with Crippen molar-refractivity contribution in [3.63, 3.8) is 0 Å². The molecule has 0 spiro atoms. The summed E-state index contributed by atoms with van der Waals surface area (Å²) in [6.07, 6.45) is 0. The van der Waals surface area contributed by atoms with Crippen LogP contribution in [-0.4, -0.2) is 43.6 Å². The molecule has 9 heteroatoms. The summed E-state index contributed by atoms with van der Waals surface area (Å²) in [6, 6.07) is 21.6. The zero-order chi connectivity index (χ0) is 25.9. The number of anilines is 2. The first kappa shape index (κ1) is 23.9. The van der Waals surface area contributed by atoms with Gasteiger partial charge in [-0.15, -0.1) is 0 Å². The molecular formula is C28H28N5O4+. The maximum absolute atomic E-state index is 5.64. The number of methoxy groups -OCH3 is 4. The average Bonchev–Trinajstić information content (AvgIpc) is 3.39. The molecule has 188 valence electrons. The van der Waals surface area contributed by atoms with Gasteiger partial charge in [0, 0.05) is 21.7 Å². The summed E-state index contributed by atoms with van der Waals surface area (Å²) < 4.78 is 24.3. The smallest absolute Gasteiger partial charge is 0.462 e. The Balaban J connectivity index is 1.76. The summed E-state index contributed by atoms with van der Waals surface area (Å²) in [4.78, 5) is 4.76. The van der Waals surface area contributed by atoms with E-state index in [-0.39, 0.29) is 0 Å². The molecule has 5 aromatic rings. The van der Waals surface area contributed by atoms with Crippen molar-refractivity contribution in [2.45, 2.75) is 6.92 Å². The number of para-hydroxylation sites is 1. The molecule has 0 fully saturated rings. The summed E-state index contributed by atoms with van der Waals surface area (Å²) in [5.74, 6) is 3.53. The van der Waals surface area contributed by atoms with Crippen molar-refractivity contribution in [3.8, 4) is 40.2 Å². The number of aromatic amines is 1. The molecule has 5 rings (SSSR count). The van der Waals surface area contributed by atoms with E-state index in [9.17, 15) is 0 Å². The van der Waals surface area contributed by atoms with E-state index in [2.05, 4.69) is 21.6 Å². The number of nitrogens with zero attached hydrogens (tertiary/aromatic N) is 3. The normalized spacial score (nSPS) is 10.8. The predicted molar refractivity (Wildman–Crippen MR) is 142 cm³/mol. The van der Waals surface area contributed by atoms with Crippen molar-refractivity contribution in [1.82, 2.24) is 15.2 Å². The van der Waals surface area contributed by atoms with Crippen molar-refractivity contribution < 1.29 is 23.5 Å². The van der Waals surface area contributed by atoms with Gasteiger partial charge in [0.05, 0.1) is 34.1 Å². The monoisotopic (exact) mass is 498 g/mol. The fourth-order valence-electron chi connectivity index (χ4n) is 4.40. The minimum absolute atomic E-state index is 0.484. The van der Waals surface area contributed by atoms with Crippen LogP contribution in [0.25, 0.3) is 28.0 Å². The summed E-state index contributed by atoms with van der Waals surface area (Å²) in [5.41, 5.74) is 3.58. The zero-order valence-electron chi connectivity index (χ0n) is 21.3. The Morgan fingerprint density at radius 2 is 1.43 bits per heavy atom. The number of benzene rings is 3. The maximum atomic E-state index is 5.64. The van der Waals surface area contributed by atoms with Crippen LogP contribution in [0.4, 0.5) is 11.6 Å². The minimum Gasteiger partial charge on any atom is -0.493 e. The standard InChI is InChI=1S/C28H28N5O4/c1-17-13-19-15-24(36-4)25(37-5)16-21(19)26(18-11-12-22(34-2)23(14-18)35-3)33(17)28-30-27(31-32-28)29-20-9-7-6-8-10-20/h6-16H,1-5H3,(H2,29,30,31,32)/q+1. The Bertz CT molecular complexity index is 1570. The number of aromatic nitrogens is 4. The van der Waals surface area contributed by atoms with Gasteiger partial charge in [-0.05, 0) is 65.8 Å². The SMILES string of the molecule is COc1ccc(-c2c3cc(OC)c(OC)cc3cc(C)[n+]2-c2n[nH]c(Nc3ccccc3)n2)cc1OC. The topological polar surface area (TPSA) is 94.4 Å². The highest BCUT2D eigenvalue weighted by Gasteiger charge is 2.26. The number of nitrogens with one attached hydrogen (secondary N) is 2. The molecule has 37 heavy (non-hydrogen) atoms. The molecule has 2 aromatic heterocycles. The fourth-order valence-corrected chi connectivity index (χ4v) is 4.40. The third-order valence-corrected chi connectivity index (χ3v) is 6.12. The number of hydrogen-bond acceptors (Lipinski definition) is 7. The molecule has 0 saturated heterocycles. The van der Waals surface area contributed by atoms with Crippen molar-refractivity contribution >= 4 is 22.4 Å². The van der Waals surface area contributed by atoms with Crippen LogP contribution in [0.5, 0.6) is 23.0 Å². The second-order valence-electron chi connectivity index (χ2n) is 8.31. The van der Waals surface area contributed by atoms with Gasteiger partial charge in [-0.25, -0.2) is 0 Å². The van der Waals surface area contributed by atoms with Crippen molar-refractivity contribution in [1.29, 1.82) is 0 Å². The van der Waals surface area contributed by atoms with Gasteiger partial charge >= 0.3 is 11.9 Å². The maximum Gasteiger partial charge on any atom is 0.462 e. The summed E-state index contributed by atoms with van der Waals surface area (Å²) in [5, 5.41) is 12.7. The zero-order valence-corrected chi connectivity index (χ0v) is 21.3. The van der Waals surface area contributed by atoms with E-state index < -0.39 is 0 Å². The molecular weight excluding hydrogens is 470 g/mol. The third-order valence-electron chi connectivity index (χ3n) is 6.12. The molecule has 3 aromatic carbocycles. The highest BCUT2D eigenvalue weighted by molar-refractivity contribution is 5.96. The first-order valence-electron chi connectivity index (χ1n) is 11.6. The Hall–Kier alpha value is -4.79. The highest BCUT2D eigenvalue weighted by Crippen LogP contribution is 2.38. The van der Waals surface area contributed by atoms with Gasteiger partial charge in [-0.2, -0.15) is 9.67 Å². The molecule has 2 heterocycles. The largest absolute Gasteiger partial charge is 0.493 e. The van der Waals surface area contributed by atoms with Crippen LogP contribution >= 0.6 is 0 Å². The summed E-state index contributed by atoms with van der Waals surface area (Å²) >= 11 is 0. The summed E-state index contributed by atoms with van der Waals surface area (Å²) in [7, 11) is 6.49. The lowest BCUT2D eigenvalue weighted by Crippen LogP contribution is -2.38. The molecule has 0 bridgehead atoms. The van der Waals surface area contributed by atoms with Gasteiger partial charge in [-0.3, -0.25) is 0 Å². The predicted octanol–water partition coefficient (Wildman–Crippen LogP) is 4.99. The number of H-pyrrole nitrogens is 1. The van der Waals surface area contributed by atoms with Crippen molar-refractivity contribution in [2.75, 3.05) is 33.8 Å². The second-order valence-corrected chi connectivity index (χ2v) is 8.31. The lowest BCUT2D eigenvalue weighted by Gasteiger charge is -2.16. The van der Waals surface area contributed by atoms with Crippen molar-refractivity contribution in [3.05, 3.63) is 72.4 Å². The Labute approximate surface area is 214 Å². The van der Waals surface area contributed by atoms with Gasteiger partial charge in [0.2, 0.25) is 0 Å². The minimum atomic E-state index is 0.484. The number of rotatable bonds is 8. The first-order chi connectivity index (χ1) is 18.1. The van der Waals surface area contributed by atoms with Crippen LogP contribution in [-0.2, 0) is 0 Å². The lowest BCUT2D eigenvalue weighted by atomic mass is 10.0. The number of pyridine rings is 1. The van der Waals surface area contributed by atoms with Crippen LogP contribution in [0.3, 0.4) is 0 Å². The number of hydrogen-bond donors (Lipinski definition) is 2. The number of aryl methyl sites for hydroxylation is 1. The Morgan fingerprint density at radius 1 is 0.757 bits per heavy atom. The number of ether oxygens (including phenoxy) is 4. The molecule has 0 aliphatic rings. The van der Waals surface area contributed by atoms with Crippen LogP contribution < -0.4 is 28.8 Å². The Morgan fingerprint density at radius 3 is 2.14 bits per heavy atom. The number of fused-ring (bicyclic) bond motifs is 1. The molecule has 0 radical (unpaired) electrons. The van der Waals surface area contributed by atoms with Gasteiger partial charge in [0.15, 0.2) is 23.0 Å².